The van der Waals surface area contributed by atoms with Gasteiger partial charge in [-0.25, -0.2) is 8.78 Å². The first kappa shape index (κ1) is 10.9. The van der Waals surface area contributed by atoms with Crippen LogP contribution >= 0.6 is 0 Å². The molecular formula is C10H13F2NO. The van der Waals surface area contributed by atoms with Crippen molar-refractivity contribution in [2.45, 2.75) is 6.42 Å². The summed E-state index contributed by atoms with van der Waals surface area (Å²) in [6, 6.07) is 3.46. The van der Waals surface area contributed by atoms with Crippen LogP contribution in [0.1, 0.15) is 6.42 Å². The molecule has 0 bridgehead atoms. The molecule has 14 heavy (non-hydrogen) atoms. The summed E-state index contributed by atoms with van der Waals surface area (Å²) < 4.78 is 25.7. The van der Waals surface area contributed by atoms with Crippen molar-refractivity contribution in [1.82, 2.24) is 0 Å². The SMILES string of the molecule is CN(CCCO)c1ccc(F)cc1F. The van der Waals surface area contributed by atoms with Crippen LogP contribution in [0.15, 0.2) is 18.2 Å². The van der Waals surface area contributed by atoms with Gasteiger partial charge in [-0.05, 0) is 18.6 Å². The molecule has 0 radical (unpaired) electrons. The number of anilines is 1. The van der Waals surface area contributed by atoms with Crippen LogP contribution in [0, 0.1) is 11.6 Å². The van der Waals surface area contributed by atoms with Crippen molar-refractivity contribution in [3.63, 3.8) is 0 Å². The molecule has 0 spiro atoms. The highest BCUT2D eigenvalue weighted by Gasteiger charge is 2.07. The first-order chi connectivity index (χ1) is 6.65. The van der Waals surface area contributed by atoms with E-state index in [0.29, 0.717) is 18.7 Å². The number of nitrogens with zero attached hydrogens (tertiary/aromatic N) is 1. The fourth-order valence-corrected chi connectivity index (χ4v) is 1.22. The van der Waals surface area contributed by atoms with E-state index in [4.69, 9.17) is 5.11 Å². The van der Waals surface area contributed by atoms with Crippen molar-refractivity contribution >= 4 is 5.69 Å². The summed E-state index contributed by atoms with van der Waals surface area (Å²) >= 11 is 0. The fourth-order valence-electron chi connectivity index (χ4n) is 1.22. The predicted octanol–water partition coefficient (Wildman–Crippen LogP) is 1.78. The van der Waals surface area contributed by atoms with E-state index in [1.807, 2.05) is 0 Å². The zero-order chi connectivity index (χ0) is 10.6. The largest absolute Gasteiger partial charge is 0.396 e. The number of halogens is 2. The van der Waals surface area contributed by atoms with Crippen molar-refractivity contribution in [3.05, 3.63) is 29.8 Å². The van der Waals surface area contributed by atoms with Crippen LogP contribution in [0.3, 0.4) is 0 Å². The van der Waals surface area contributed by atoms with Crippen LogP contribution in [0.25, 0.3) is 0 Å². The molecule has 0 aliphatic carbocycles. The Balaban J connectivity index is 2.74. The van der Waals surface area contributed by atoms with E-state index in [0.717, 1.165) is 6.07 Å². The molecule has 78 valence electrons. The fraction of sp³-hybridized carbons (Fsp3) is 0.400. The summed E-state index contributed by atoms with van der Waals surface area (Å²) in [4.78, 5) is 1.64. The first-order valence-electron chi connectivity index (χ1n) is 4.42. The smallest absolute Gasteiger partial charge is 0.149 e. The average molecular weight is 201 g/mol. The van der Waals surface area contributed by atoms with E-state index < -0.39 is 11.6 Å². The summed E-state index contributed by atoms with van der Waals surface area (Å²) in [5.41, 5.74) is 0.347. The Bertz CT molecular complexity index is 304. The summed E-state index contributed by atoms with van der Waals surface area (Å²) in [6.45, 7) is 0.603. The van der Waals surface area contributed by atoms with Gasteiger partial charge in [0.1, 0.15) is 11.6 Å². The summed E-state index contributed by atoms with van der Waals surface area (Å²) in [7, 11) is 1.70. The van der Waals surface area contributed by atoms with E-state index in [2.05, 4.69) is 0 Å². The van der Waals surface area contributed by atoms with Crippen LogP contribution in [-0.2, 0) is 0 Å². The number of aliphatic hydroxyl groups is 1. The maximum atomic E-state index is 13.2. The molecule has 2 nitrogen and oxygen atoms in total. The topological polar surface area (TPSA) is 23.5 Å². The summed E-state index contributed by atoms with van der Waals surface area (Å²) in [6.07, 6.45) is 0.563. The van der Waals surface area contributed by atoms with Crippen LogP contribution in [0.4, 0.5) is 14.5 Å². The maximum Gasteiger partial charge on any atom is 0.149 e. The van der Waals surface area contributed by atoms with Crippen molar-refractivity contribution in [1.29, 1.82) is 0 Å². The third-order valence-electron chi connectivity index (χ3n) is 1.97. The lowest BCUT2D eigenvalue weighted by molar-refractivity contribution is 0.290. The van der Waals surface area contributed by atoms with Gasteiger partial charge in [0, 0.05) is 26.3 Å². The second-order valence-electron chi connectivity index (χ2n) is 3.09. The quantitative estimate of drug-likeness (QED) is 0.802. The predicted molar refractivity (Wildman–Crippen MR) is 51.3 cm³/mol. The highest BCUT2D eigenvalue weighted by atomic mass is 19.1. The van der Waals surface area contributed by atoms with Gasteiger partial charge in [-0.15, -0.1) is 0 Å². The highest BCUT2D eigenvalue weighted by molar-refractivity contribution is 5.46. The normalized spacial score (nSPS) is 10.3. The second kappa shape index (κ2) is 4.91. The molecule has 0 saturated heterocycles. The van der Waals surface area contributed by atoms with E-state index in [-0.39, 0.29) is 6.61 Å². The van der Waals surface area contributed by atoms with Gasteiger partial charge < -0.3 is 10.0 Å². The van der Waals surface area contributed by atoms with Gasteiger partial charge in [0.25, 0.3) is 0 Å². The molecule has 1 aromatic rings. The van der Waals surface area contributed by atoms with Crippen LogP contribution < -0.4 is 4.90 Å². The van der Waals surface area contributed by atoms with Crippen LogP contribution in [0.5, 0.6) is 0 Å². The second-order valence-corrected chi connectivity index (χ2v) is 3.09. The molecule has 0 unspecified atom stereocenters. The lowest BCUT2D eigenvalue weighted by Crippen LogP contribution is -2.20. The van der Waals surface area contributed by atoms with Gasteiger partial charge >= 0.3 is 0 Å². The maximum absolute atomic E-state index is 13.2. The standard InChI is InChI=1S/C10H13F2NO/c1-13(5-2-6-14)10-4-3-8(11)7-9(10)12/h3-4,7,14H,2,5-6H2,1H3. The Labute approximate surface area is 81.8 Å². The molecule has 0 saturated carbocycles. The van der Waals surface area contributed by atoms with Crippen molar-refractivity contribution in [3.8, 4) is 0 Å². The zero-order valence-electron chi connectivity index (χ0n) is 8.00. The Morgan fingerprint density at radius 2 is 2.07 bits per heavy atom. The van der Waals surface area contributed by atoms with E-state index >= 15 is 0 Å². The zero-order valence-corrected chi connectivity index (χ0v) is 8.00. The minimum atomic E-state index is -0.582. The van der Waals surface area contributed by atoms with Crippen molar-refractivity contribution in [2.75, 3.05) is 25.1 Å². The number of hydrogen-bond donors (Lipinski definition) is 1. The average Bonchev–Trinajstić information content (AvgIpc) is 2.14. The Morgan fingerprint density at radius 3 is 2.64 bits per heavy atom. The molecule has 1 aromatic carbocycles. The third kappa shape index (κ3) is 2.67. The van der Waals surface area contributed by atoms with E-state index in [9.17, 15) is 8.78 Å². The van der Waals surface area contributed by atoms with E-state index in [1.54, 1.807) is 11.9 Å². The Morgan fingerprint density at radius 1 is 1.36 bits per heavy atom. The lowest BCUT2D eigenvalue weighted by atomic mass is 10.2. The van der Waals surface area contributed by atoms with Gasteiger partial charge in [-0.3, -0.25) is 0 Å². The minimum absolute atomic E-state index is 0.0627. The lowest BCUT2D eigenvalue weighted by Gasteiger charge is -2.19. The minimum Gasteiger partial charge on any atom is -0.396 e. The number of hydrogen-bond acceptors (Lipinski definition) is 2. The highest BCUT2D eigenvalue weighted by Crippen LogP contribution is 2.18. The molecule has 1 rings (SSSR count). The van der Waals surface area contributed by atoms with Gasteiger partial charge in [-0.2, -0.15) is 0 Å². The molecule has 0 atom stereocenters. The molecule has 0 amide bonds. The summed E-state index contributed by atoms with van der Waals surface area (Å²) in [5, 5.41) is 8.60. The Hall–Kier alpha value is -1.16. The number of aliphatic hydroxyl groups excluding tert-OH is 1. The van der Waals surface area contributed by atoms with Gasteiger partial charge in [0.05, 0.1) is 5.69 Å². The van der Waals surface area contributed by atoms with Crippen LogP contribution in [-0.4, -0.2) is 25.3 Å². The van der Waals surface area contributed by atoms with Gasteiger partial charge in [0.15, 0.2) is 0 Å². The van der Waals surface area contributed by atoms with Gasteiger partial charge in [-0.1, -0.05) is 0 Å². The van der Waals surface area contributed by atoms with Crippen molar-refractivity contribution < 1.29 is 13.9 Å². The third-order valence-corrected chi connectivity index (χ3v) is 1.97. The molecule has 0 aliphatic rings. The van der Waals surface area contributed by atoms with E-state index in [1.165, 1.54) is 12.1 Å². The monoisotopic (exact) mass is 201 g/mol. The molecule has 0 aromatic heterocycles. The van der Waals surface area contributed by atoms with Crippen molar-refractivity contribution in [2.24, 2.45) is 0 Å². The number of rotatable bonds is 4. The Kier molecular flexibility index (Phi) is 3.83. The molecular weight excluding hydrogens is 188 g/mol. The molecule has 0 heterocycles. The van der Waals surface area contributed by atoms with Gasteiger partial charge in [0.2, 0.25) is 0 Å². The van der Waals surface area contributed by atoms with Crippen LogP contribution in [0.2, 0.25) is 0 Å². The molecule has 0 aliphatic heterocycles. The number of benzene rings is 1. The molecule has 0 fully saturated rings. The molecule has 4 heteroatoms. The first-order valence-corrected chi connectivity index (χ1v) is 4.42. The summed E-state index contributed by atoms with van der Waals surface area (Å²) in [5.74, 6) is -1.16. The molecule has 1 N–H and O–H groups in total.